The van der Waals surface area contributed by atoms with E-state index in [4.69, 9.17) is 26.4 Å². The summed E-state index contributed by atoms with van der Waals surface area (Å²) in [7, 11) is 1.57. The quantitative estimate of drug-likeness (QED) is 0.454. The Bertz CT molecular complexity index is 1000. The van der Waals surface area contributed by atoms with Crippen LogP contribution in [0.25, 0.3) is 6.08 Å². The number of nitrogens with zero attached hydrogens (tertiary/aromatic N) is 1. The Labute approximate surface area is 183 Å². The Morgan fingerprint density at radius 1 is 1.17 bits per heavy atom. The third-order valence-corrected chi connectivity index (χ3v) is 5.34. The number of ether oxygens (including phenoxy) is 3. The number of rotatable bonds is 8. The molecule has 0 radical (unpaired) electrons. The third kappa shape index (κ3) is 4.92. The molecule has 1 amide bonds. The molecule has 0 unspecified atom stereocenters. The predicted octanol–water partition coefficient (Wildman–Crippen LogP) is 2.63. The molecule has 3 rings (SSSR count). The van der Waals surface area contributed by atoms with E-state index in [0.29, 0.717) is 38.6 Å². The molecule has 2 aromatic rings. The van der Waals surface area contributed by atoms with Gasteiger partial charge in [-0.1, -0.05) is 30.0 Å². The van der Waals surface area contributed by atoms with Gasteiger partial charge in [0, 0.05) is 0 Å². The summed E-state index contributed by atoms with van der Waals surface area (Å²) in [6.07, 6.45) is 1.70. The monoisotopic (exact) mass is 444 g/mol. The fraction of sp³-hybridized carbons (Fsp3) is 0.190. The van der Waals surface area contributed by atoms with E-state index in [-0.39, 0.29) is 11.7 Å². The van der Waals surface area contributed by atoms with E-state index in [1.54, 1.807) is 62.6 Å². The molecule has 0 atom stereocenters. The summed E-state index contributed by atoms with van der Waals surface area (Å²) in [6.45, 7) is 1.58. The summed E-state index contributed by atoms with van der Waals surface area (Å²) in [4.78, 5) is 25.5. The first kappa shape index (κ1) is 21.7. The summed E-state index contributed by atoms with van der Waals surface area (Å²) in [5, 5.41) is 10.6. The number of hydrogen-bond donors (Lipinski definition) is 0. The van der Waals surface area contributed by atoms with Crippen LogP contribution >= 0.6 is 24.0 Å². The zero-order valence-electron chi connectivity index (χ0n) is 16.2. The number of hydrogen-bond acceptors (Lipinski definition) is 8. The van der Waals surface area contributed by atoms with Crippen LogP contribution in [0.3, 0.4) is 0 Å². The Hall–Kier alpha value is -3.04. The van der Waals surface area contributed by atoms with Crippen molar-refractivity contribution < 1.29 is 28.9 Å². The van der Waals surface area contributed by atoms with Crippen molar-refractivity contribution in [3.63, 3.8) is 0 Å². The van der Waals surface area contributed by atoms with Crippen molar-refractivity contribution in [3.8, 4) is 17.2 Å². The largest absolute Gasteiger partial charge is 0.546 e. The van der Waals surface area contributed by atoms with Gasteiger partial charge < -0.3 is 24.1 Å². The van der Waals surface area contributed by atoms with Gasteiger partial charge in [0.2, 0.25) is 0 Å². The van der Waals surface area contributed by atoms with Gasteiger partial charge in [-0.05, 0) is 55.0 Å². The van der Waals surface area contributed by atoms with Crippen LogP contribution in [0.4, 0.5) is 5.69 Å². The van der Waals surface area contributed by atoms with E-state index < -0.39 is 12.6 Å². The van der Waals surface area contributed by atoms with E-state index in [0.717, 1.165) is 0 Å². The number of benzene rings is 2. The molecule has 0 aromatic heterocycles. The van der Waals surface area contributed by atoms with Crippen LogP contribution in [0.15, 0.2) is 47.4 Å². The summed E-state index contributed by atoms with van der Waals surface area (Å²) in [6, 6.07) is 12.0. The number of carbonyl (C=O) groups excluding carboxylic acids is 2. The highest BCUT2D eigenvalue weighted by atomic mass is 32.2. The number of carboxylic acid groups (broad SMARTS) is 1. The van der Waals surface area contributed by atoms with Crippen molar-refractivity contribution in [2.75, 3.05) is 25.2 Å². The van der Waals surface area contributed by atoms with Crippen molar-refractivity contribution in [2.24, 2.45) is 0 Å². The highest BCUT2D eigenvalue weighted by Gasteiger charge is 2.33. The first-order valence-electron chi connectivity index (χ1n) is 8.94. The molecule has 1 saturated heterocycles. The van der Waals surface area contributed by atoms with Crippen molar-refractivity contribution in [1.82, 2.24) is 0 Å². The van der Waals surface area contributed by atoms with Crippen LogP contribution in [0, 0.1) is 0 Å². The number of thiocarbonyl (C=S) groups is 1. The van der Waals surface area contributed by atoms with Crippen molar-refractivity contribution in [2.45, 2.75) is 6.92 Å². The normalized spacial score (nSPS) is 14.9. The molecule has 0 saturated carbocycles. The zero-order chi connectivity index (χ0) is 21.7. The molecule has 9 heteroatoms. The molecule has 1 heterocycles. The number of anilines is 1. The third-order valence-electron chi connectivity index (χ3n) is 4.04. The average molecular weight is 445 g/mol. The standard InChI is InChI=1S/C21H19NO6S2/c1-3-27-17-10-13(4-9-16(17)28-12-19(23)24)11-18-20(25)22(21(29)30-18)14-5-7-15(26-2)8-6-14/h4-11H,3,12H2,1-2H3,(H,23,24)/p-1/b18-11+. The molecule has 0 N–H and O–H groups in total. The van der Waals surface area contributed by atoms with E-state index in [9.17, 15) is 14.7 Å². The van der Waals surface area contributed by atoms with Crippen molar-refractivity contribution in [1.29, 1.82) is 0 Å². The lowest BCUT2D eigenvalue weighted by Gasteiger charge is -2.14. The Kier molecular flexibility index (Phi) is 6.96. The van der Waals surface area contributed by atoms with E-state index in [1.807, 2.05) is 0 Å². The molecule has 0 bridgehead atoms. The molecular weight excluding hydrogens is 426 g/mol. The summed E-state index contributed by atoms with van der Waals surface area (Å²) >= 11 is 6.59. The van der Waals surface area contributed by atoms with Crippen LogP contribution < -0.4 is 24.2 Å². The molecule has 1 fully saturated rings. The van der Waals surface area contributed by atoms with Crippen LogP contribution in [0.1, 0.15) is 12.5 Å². The van der Waals surface area contributed by atoms with Gasteiger partial charge in [-0.3, -0.25) is 9.69 Å². The first-order valence-corrected chi connectivity index (χ1v) is 10.2. The predicted molar refractivity (Wildman–Crippen MR) is 117 cm³/mol. The topological polar surface area (TPSA) is 88.1 Å². The highest BCUT2D eigenvalue weighted by molar-refractivity contribution is 8.27. The van der Waals surface area contributed by atoms with Crippen LogP contribution in [-0.4, -0.2) is 36.5 Å². The minimum absolute atomic E-state index is 0.231. The molecule has 1 aliphatic heterocycles. The maximum atomic E-state index is 12.9. The lowest BCUT2D eigenvalue weighted by atomic mass is 10.1. The van der Waals surface area contributed by atoms with Gasteiger partial charge in [0.05, 0.1) is 30.3 Å². The van der Waals surface area contributed by atoms with Gasteiger partial charge in [0.25, 0.3) is 5.91 Å². The molecule has 0 aliphatic carbocycles. The van der Waals surface area contributed by atoms with Crippen LogP contribution in [0.2, 0.25) is 0 Å². The Morgan fingerprint density at radius 2 is 1.90 bits per heavy atom. The molecule has 1 aliphatic rings. The molecule has 7 nitrogen and oxygen atoms in total. The second kappa shape index (κ2) is 9.64. The average Bonchev–Trinajstić information content (AvgIpc) is 3.00. The minimum Gasteiger partial charge on any atom is -0.546 e. The Balaban J connectivity index is 1.85. The maximum absolute atomic E-state index is 12.9. The second-order valence-corrected chi connectivity index (χ2v) is 7.69. The zero-order valence-corrected chi connectivity index (χ0v) is 17.9. The van der Waals surface area contributed by atoms with Gasteiger partial charge in [0.15, 0.2) is 15.8 Å². The molecule has 156 valence electrons. The molecule has 30 heavy (non-hydrogen) atoms. The molecule has 2 aromatic carbocycles. The van der Waals surface area contributed by atoms with E-state index in [1.165, 1.54) is 16.7 Å². The van der Waals surface area contributed by atoms with Gasteiger partial charge >= 0.3 is 0 Å². The van der Waals surface area contributed by atoms with Gasteiger partial charge in [-0.2, -0.15) is 0 Å². The van der Waals surface area contributed by atoms with Gasteiger partial charge in [-0.25, -0.2) is 0 Å². The smallest absolute Gasteiger partial charge is 0.270 e. The lowest BCUT2D eigenvalue weighted by Crippen LogP contribution is -2.29. The first-order chi connectivity index (χ1) is 14.4. The number of carbonyl (C=O) groups is 2. The van der Waals surface area contributed by atoms with Crippen molar-refractivity contribution >= 4 is 51.9 Å². The summed E-state index contributed by atoms with van der Waals surface area (Å²) in [5.74, 6) is -0.222. The number of thioether (sulfide) groups is 1. The fourth-order valence-electron chi connectivity index (χ4n) is 2.71. The second-order valence-electron chi connectivity index (χ2n) is 6.02. The SMILES string of the molecule is CCOc1cc(/C=C2/SC(=S)N(c3ccc(OC)cc3)C2=O)ccc1OCC(=O)[O-]. The van der Waals surface area contributed by atoms with Crippen LogP contribution in [0.5, 0.6) is 17.2 Å². The Morgan fingerprint density at radius 3 is 2.53 bits per heavy atom. The van der Waals surface area contributed by atoms with Gasteiger partial charge in [0.1, 0.15) is 12.4 Å². The fourth-order valence-corrected chi connectivity index (χ4v) is 4.01. The number of methoxy groups -OCH3 is 1. The maximum Gasteiger partial charge on any atom is 0.270 e. The molecular formula is C21H18NO6S2-. The number of carboxylic acids is 1. The minimum atomic E-state index is -1.33. The van der Waals surface area contributed by atoms with Crippen molar-refractivity contribution in [3.05, 3.63) is 52.9 Å². The number of aliphatic carboxylic acids is 1. The summed E-state index contributed by atoms with van der Waals surface area (Å²) < 4.78 is 16.3. The van der Waals surface area contributed by atoms with E-state index >= 15 is 0 Å². The lowest BCUT2D eigenvalue weighted by molar-refractivity contribution is -0.307. The van der Waals surface area contributed by atoms with Crippen LogP contribution in [-0.2, 0) is 9.59 Å². The molecule has 0 spiro atoms. The summed E-state index contributed by atoms with van der Waals surface area (Å²) in [5.41, 5.74) is 1.34. The highest BCUT2D eigenvalue weighted by Crippen LogP contribution is 2.37. The number of amides is 1. The van der Waals surface area contributed by atoms with E-state index in [2.05, 4.69) is 0 Å². The van der Waals surface area contributed by atoms with Gasteiger partial charge in [-0.15, -0.1) is 0 Å².